The maximum atomic E-state index is 13.6. The fourth-order valence-electron chi connectivity index (χ4n) is 4.14. The lowest BCUT2D eigenvalue weighted by molar-refractivity contribution is -0.0250. The van der Waals surface area contributed by atoms with Gasteiger partial charge in [-0.05, 0) is 43.2 Å². The molecule has 0 saturated carbocycles. The fourth-order valence-corrected chi connectivity index (χ4v) is 4.40. The zero-order chi connectivity index (χ0) is 23.5. The first-order valence-corrected chi connectivity index (χ1v) is 11.6. The molecule has 2 aliphatic rings. The number of ether oxygens (including phenoxy) is 2. The van der Waals surface area contributed by atoms with Crippen LogP contribution in [0.25, 0.3) is 0 Å². The zero-order valence-electron chi connectivity index (χ0n) is 18.4. The molecule has 1 fully saturated rings. The van der Waals surface area contributed by atoms with E-state index < -0.39 is 0 Å². The predicted molar refractivity (Wildman–Crippen MR) is 131 cm³/mol. The maximum Gasteiger partial charge on any atom is 0.214 e. The molecular formula is C26H24ClN3O4. The Kier molecular flexibility index (Phi) is 6.58. The first kappa shape index (κ1) is 22.5. The fraction of sp³-hybridized carbons (Fsp3) is 0.269. The number of hydrogen-bond acceptors (Lipinski definition) is 6. The molecule has 0 spiro atoms. The Bertz CT molecular complexity index is 1240. The summed E-state index contributed by atoms with van der Waals surface area (Å²) in [6.45, 7) is 0.754. The predicted octanol–water partition coefficient (Wildman–Crippen LogP) is 4.63. The van der Waals surface area contributed by atoms with Crippen LogP contribution < -0.4 is 4.74 Å². The molecule has 2 aliphatic heterocycles. The third-order valence-corrected chi connectivity index (χ3v) is 6.26. The molecule has 0 amide bonds. The van der Waals surface area contributed by atoms with E-state index in [9.17, 15) is 9.90 Å². The van der Waals surface area contributed by atoms with Gasteiger partial charge in [-0.2, -0.15) is 0 Å². The molecule has 174 valence electrons. The molecule has 7 nitrogen and oxygen atoms in total. The van der Waals surface area contributed by atoms with E-state index in [4.69, 9.17) is 26.1 Å². The number of aliphatic imine (C=N–C) groups is 2. The van der Waals surface area contributed by atoms with Crippen LogP contribution in [-0.2, 0) is 11.3 Å². The first-order valence-electron chi connectivity index (χ1n) is 11.2. The van der Waals surface area contributed by atoms with Gasteiger partial charge in [0.25, 0.3) is 0 Å². The van der Waals surface area contributed by atoms with Gasteiger partial charge in [0.05, 0.1) is 42.6 Å². The molecule has 1 saturated heterocycles. The van der Waals surface area contributed by atoms with Crippen molar-refractivity contribution in [3.8, 4) is 11.5 Å². The van der Waals surface area contributed by atoms with Gasteiger partial charge in [-0.25, -0.2) is 0 Å². The highest BCUT2D eigenvalue weighted by Gasteiger charge is 2.30. The molecule has 0 radical (unpaired) electrons. The van der Waals surface area contributed by atoms with Gasteiger partial charge < -0.3 is 19.6 Å². The molecule has 0 unspecified atom stereocenters. The summed E-state index contributed by atoms with van der Waals surface area (Å²) in [5.74, 6) is 0.937. The largest absolute Gasteiger partial charge is 0.457 e. The highest BCUT2D eigenvalue weighted by molar-refractivity contribution is 6.74. The SMILES string of the molecule is O=C(C1=NCc2[nH]ccc2C1=N[C@@H]1CC[C@@H](CO)OC1)c1ccc(Oc2ccccc2)cc1Cl. The van der Waals surface area contributed by atoms with Gasteiger partial charge in [0, 0.05) is 29.1 Å². The number of aromatic nitrogens is 1. The quantitative estimate of drug-likeness (QED) is 0.506. The van der Waals surface area contributed by atoms with Gasteiger partial charge in [0.1, 0.15) is 17.2 Å². The minimum atomic E-state index is -0.285. The van der Waals surface area contributed by atoms with Crippen LogP contribution in [0.15, 0.2) is 70.8 Å². The normalized spacial score (nSPS) is 21.1. The molecule has 3 heterocycles. The molecule has 2 N–H and O–H groups in total. The molecule has 0 aliphatic carbocycles. The van der Waals surface area contributed by atoms with E-state index in [-0.39, 0.29) is 35.3 Å². The molecule has 8 heteroatoms. The summed E-state index contributed by atoms with van der Waals surface area (Å²) in [5, 5.41) is 9.60. The van der Waals surface area contributed by atoms with Gasteiger partial charge in [0.15, 0.2) is 0 Å². The molecule has 34 heavy (non-hydrogen) atoms. The second kappa shape index (κ2) is 9.93. The van der Waals surface area contributed by atoms with Crippen LogP contribution in [0.2, 0.25) is 5.02 Å². The number of fused-ring (bicyclic) bond motifs is 1. The minimum Gasteiger partial charge on any atom is -0.457 e. The number of halogens is 1. The lowest BCUT2D eigenvalue weighted by Crippen LogP contribution is -2.34. The number of H-pyrrole nitrogens is 1. The Hall–Kier alpha value is -3.26. The number of ketones is 1. The number of Topliss-reactive ketones (excluding diaryl/α,β-unsaturated/α-hetero) is 1. The van der Waals surface area contributed by atoms with Crippen molar-refractivity contribution in [3.05, 3.63) is 82.6 Å². The Labute approximate surface area is 202 Å². The van der Waals surface area contributed by atoms with Crippen molar-refractivity contribution in [1.82, 2.24) is 4.98 Å². The van der Waals surface area contributed by atoms with Gasteiger partial charge >= 0.3 is 0 Å². The van der Waals surface area contributed by atoms with Crippen LogP contribution >= 0.6 is 11.6 Å². The number of aliphatic hydroxyl groups is 1. The van der Waals surface area contributed by atoms with Crippen molar-refractivity contribution < 1.29 is 19.4 Å². The minimum absolute atomic E-state index is 0.00107. The van der Waals surface area contributed by atoms with Crippen LogP contribution in [-0.4, -0.2) is 52.7 Å². The Morgan fingerprint density at radius 2 is 2.03 bits per heavy atom. The molecule has 1 aromatic heterocycles. The Balaban J connectivity index is 1.41. The molecule has 3 aromatic rings. The van der Waals surface area contributed by atoms with Gasteiger partial charge in [-0.3, -0.25) is 14.8 Å². The average molecular weight is 478 g/mol. The van der Waals surface area contributed by atoms with Crippen LogP contribution in [0.5, 0.6) is 11.5 Å². The molecule has 2 aromatic carbocycles. The smallest absolute Gasteiger partial charge is 0.214 e. The van der Waals surface area contributed by atoms with Crippen LogP contribution in [0, 0.1) is 0 Å². The molecule has 0 bridgehead atoms. The van der Waals surface area contributed by atoms with E-state index in [1.165, 1.54) is 0 Å². The number of benzene rings is 2. The second-order valence-electron chi connectivity index (χ2n) is 8.27. The van der Waals surface area contributed by atoms with Crippen molar-refractivity contribution in [2.45, 2.75) is 31.5 Å². The summed E-state index contributed by atoms with van der Waals surface area (Å²) in [4.78, 5) is 26.2. The van der Waals surface area contributed by atoms with Crippen molar-refractivity contribution in [1.29, 1.82) is 0 Å². The summed E-state index contributed by atoms with van der Waals surface area (Å²) in [6.07, 6.45) is 3.15. The number of carbonyl (C=O) groups is 1. The van der Waals surface area contributed by atoms with E-state index in [0.29, 0.717) is 42.3 Å². The molecule has 2 atom stereocenters. The lowest BCUT2D eigenvalue weighted by atomic mass is 9.95. The zero-order valence-corrected chi connectivity index (χ0v) is 19.2. The van der Waals surface area contributed by atoms with Crippen LogP contribution in [0.3, 0.4) is 0 Å². The number of para-hydroxylation sites is 1. The summed E-state index contributed by atoms with van der Waals surface area (Å²) >= 11 is 6.51. The maximum absolute atomic E-state index is 13.6. The monoisotopic (exact) mass is 477 g/mol. The highest BCUT2D eigenvalue weighted by atomic mass is 35.5. The van der Waals surface area contributed by atoms with E-state index in [0.717, 1.165) is 17.7 Å². The lowest BCUT2D eigenvalue weighted by Gasteiger charge is -2.27. The van der Waals surface area contributed by atoms with E-state index in [2.05, 4.69) is 9.98 Å². The third kappa shape index (κ3) is 4.68. The first-order chi connectivity index (χ1) is 16.6. The van der Waals surface area contributed by atoms with Crippen molar-refractivity contribution >= 4 is 28.8 Å². The standard InChI is InChI=1S/C26H24ClN3O4/c27-22-12-18(34-17-4-2-1-3-5-17)8-9-20(22)26(32)25-24(21-10-11-28-23(21)13-29-25)30-16-6-7-19(14-31)33-15-16/h1-5,8-12,16,19,28,31H,6-7,13-15H2/t16-,19+/m1/s1. The van der Waals surface area contributed by atoms with Gasteiger partial charge in [-0.15, -0.1) is 0 Å². The summed E-state index contributed by atoms with van der Waals surface area (Å²) in [7, 11) is 0. The van der Waals surface area contributed by atoms with Gasteiger partial charge in [0.2, 0.25) is 5.78 Å². The van der Waals surface area contributed by atoms with Crippen molar-refractivity contribution in [2.75, 3.05) is 13.2 Å². The number of nitrogens with zero attached hydrogens (tertiary/aromatic N) is 2. The van der Waals surface area contributed by atoms with E-state index in [1.807, 2.05) is 42.6 Å². The molecular weight excluding hydrogens is 454 g/mol. The summed E-state index contributed by atoms with van der Waals surface area (Å²) in [6, 6.07) is 16.2. The Morgan fingerprint density at radius 1 is 1.18 bits per heavy atom. The average Bonchev–Trinajstić information content (AvgIpc) is 3.35. The Morgan fingerprint density at radius 3 is 2.76 bits per heavy atom. The van der Waals surface area contributed by atoms with Gasteiger partial charge in [-0.1, -0.05) is 29.8 Å². The third-order valence-electron chi connectivity index (χ3n) is 5.95. The number of aliphatic hydroxyl groups excluding tert-OH is 1. The topological polar surface area (TPSA) is 96.3 Å². The number of rotatable bonds is 6. The van der Waals surface area contributed by atoms with Crippen LogP contribution in [0.1, 0.15) is 34.5 Å². The number of aromatic amines is 1. The van der Waals surface area contributed by atoms with E-state index in [1.54, 1.807) is 18.2 Å². The molecule has 5 rings (SSSR count). The van der Waals surface area contributed by atoms with Crippen molar-refractivity contribution in [3.63, 3.8) is 0 Å². The second-order valence-corrected chi connectivity index (χ2v) is 8.67. The number of carbonyl (C=O) groups excluding carboxylic acids is 1. The van der Waals surface area contributed by atoms with Crippen molar-refractivity contribution in [2.24, 2.45) is 9.98 Å². The number of nitrogens with one attached hydrogen (secondary N) is 1. The highest BCUT2D eigenvalue weighted by Crippen LogP contribution is 2.29. The van der Waals surface area contributed by atoms with E-state index >= 15 is 0 Å². The summed E-state index contributed by atoms with van der Waals surface area (Å²) < 4.78 is 11.5. The summed E-state index contributed by atoms with van der Waals surface area (Å²) in [5.41, 5.74) is 2.95. The number of hydrogen-bond donors (Lipinski definition) is 2. The van der Waals surface area contributed by atoms with Crippen LogP contribution in [0.4, 0.5) is 0 Å².